The van der Waals surface area contributed by atoms with E-state index in [1.54, 1.807) is 0 Å². The number of alkyl carbamates (subject to hydrolysis) is 1. The van der Waals surface area contributed by atoms with Gasteiger partial charge in [0.25, 0.3) is 0 Å². The highest BCUT2D eigenvalue weighted by Crippen LogP contribution is 2.08. The number of nitrogens with one attached hydrogen (secondary N) is 2. The summed E-state index contributed by atoms with van der Waals surface area (Å²) >= 11 is 0. The largest absolute Gasteiger partial charge is 0.444 e. The molecule has 0 spiro atoms. The van der Waals surface area contributed by atoms with Crippen LogP contribution in [0.1, 0.15) is 41.0 Å². The van der Waals surface area contributed by atoms with Gasteiger partial charge in [-0.2, -0.15) is 0 Å². The van der Waals surface area contributed by atoms with E-state index in [-0.39, 0.29) is 11.6 Å². The Kier molecular flexibility index (Phi) is 6.04. The highest BCUT2D eigenvalue weighted by atomic mass is 16.6. The van der Waals surface area contributed by atoms with Crippen molar-refractivity contribution in [1.29, 1.82) is 0 Å². The van der Waals surface area contributed by atoms with Crippen LogP contribution in [0.5, 0.6) is 0 Å². The average Bonchev–Trinajstić information content (AvgIpc) is 2.11. The molecule has 0 fully saturated rings. The Morgan fingerprint density at radius 3 is 2.35 bits per heavy atom. The highest BCUT2D eigenvalue weighted by Gasteiger charge is 2.18. The van der Waals surface area contributed by atoms with Crippen molar-refractivity contribution in [1.82, 2.24) is 10.6 Å². The van der Waals surface area contributed by atoms with Gasteiger partial charge in [0.05, 0.1) is 6.54 Å². The molecule has 1 amide bonds. The molecule has 0 heterocycles. The second-order valence-corrected chi connectivity index (χ2v) is 5.62. The van der Waals surface area contributed by atoms with Gasteiger partial charge in [-0.15, -0.1) is 6.42 Å². The van der Waals surface area contributed by atoms with Crippen molar-refractivity contribution in [3.63, 3.8) is 0 Å². The minimum Gasteiger partial charge on any atom is -0.444 e. The summed E-state index contributed by atoms with van der Waals surface area (Å²) in [5, 5.41) is 5.92. The van der Waals surface area contributed by atoms with Crippen LogP contribution in [-0.2, 0) is 4.74 Å². The van der Waals surface area contributed by atoms with Crippen molar-refractivity contribution >= 4 is 6.09 Å². The number of terminal acetylenes is 1. The lowest BCUT2D eigenvalue weighted by molar-refractivity contribution is 0.0524. The highest BCUT2D eigenvalue weighted by molar-refractivity contribution is 5.67. The Morgan fingerprint density at radius 2 is 1.88 bits per heavy atom. The minimum absolute atomic E-state index is 0.0959. The molecule has 4 nitrogen and oxygen atoms in total. The maximum Gasteiger partial charge on any atom is 0.407 e. The topological polar surface area (TPSA) is 50.4 Å². The third kappa shape index (κ3) is 9.70. The number of carbonyl (C=O) groups is 1. The van der Waals surface area contributed by atoms with E-state index in [0.717, 1.165) is 6.42 Å². The van der Waals surface area contributed by atoms with Gasteiger partial charge in [0.15, 0.2) is 0 Å². The Balaban J connectivity index is 3.84. The minimum atomic E-state index is -0.457. The predicted molar refractivity (Wildman–Crippen MR) is 69.8 cm³/mol. The fraction of sp³-hybridized carbons (Fsp3) is 0.769. The first-order valence-electron chi connectivity index (χ1n) is 5.82. The molecule has 0 rings (SSSR count). The molecule has 2 N–H and O–H groups in total. The van der Waals surface area contributed by atoms with Crippen molar-refractivity contribution in [3.05, 3.63) is 0 Å². The van der Waals surface area contributed by atoms with Gasteiger partial charge < -0.3 is 15.4 Å². The number of rotatable bonds is 5. The zero-order valence-electron chi connectivity index (χ0n) is 11.5. The maximum atomic E-state index is 11.4. The normalized spacial score (nSPS) is 11.8. The van der Waals surface area contributed by atoms with Gasteiger partial charge >= 0.3 is 6.09 Å². The molecule has 0 aliphatic heterocycles. The SMILES string of the molecule is C#CCNC(C)(C)CCNC(=O)OC(C)(C)C. The molecule has 0 saturated heterocycles. The molecular weight excluding hydrogens is 216 g/mol. The molecule has 0 saturated carbocycles. The maximum absolute atomic E-state index is 11.4. The summed E-state index contributed by atoms with van der Waals surface area (Å²) in [6.07, 6.45) is 5.58. The van der Waals surface area contributed by atoms with Gasteiger partial charge in [0, 0.05) is 12.1 Å². The number of ether oxygens (including phenoxy) is 1. The van der Waals surface area contributed by atoms with Crippen molar-refractivity contribution < 1.29 is 9.53 Å². The number of hydrogen-bond acceptors (Lipinski definition) is 3. The van der Waals surface area contributed by atoms with Crippen molar-refractivity contribution in [2.45, 2.75) is 52.2 Å². The first-order chi connectivity index (χ1) is 7.66. The van der Waals surface area contributed by atoms with Crippen molar-refractivity contribution in [2.75, 3.05) is 13.1 Å². The number of carbonyl (C=O) groups excluding carboxylic acids is 1. The lowest BCUT2D eigenvalue weighted by Crippen LogP contribution is -2.43. The van der Waals surface area contributed by atoms with Crippen LogP contribution in [0, 0.1) is 12.3 Å². The summed E-state index contributed by atoms with van der Waals surface area (Å²) in [4.78, 5) is 11.4. The molecule has 0 atom stereocenters. The zero-order chi connectivity index (χ0) is 13.5. The van der Waals surface area contributed by atoms with E-state index in [4.69, 9.17) is 11.2 Å². The first-order valence-corrected chi connectivity index (χ1v) is 5.82. The standard InChI is InChI=1S/C13H24N2O2/c1-7-9-15-13(5,6)8-10-14-11(16)17-12(2,3)4/h1,15H,8-10H2,2-6H3,(H,14,16). The van der Waals surface area contributed by atoms with Gasteiger partial charge in [0.1, 0.15) is 5.60 Å². The molecule has 17 heavy (non-hydrogen) atoms. The Bertz CT molecular complexity index is 285. The van der Waals surface area contributed by atoms with Gasteiger partial charge in [-0.25, -0.2) is 4.79 Å². The van der Waals surface area contributed by atoms with E-state index in [0.29, 0.717) is 13.1 Å². The van der Waals surface area contributed by atoms with Crippen LogP contribution < -0.4 is 10.6 Å². The quantitative estimate of drug-likeness (QED) is 0.722. The Hall–Kier alpha value is -1.21. The van der Waals surface area contributed by atoms with E-state index < -0.39 is 5.60 Å². The summed E-state index contributed by atoms with van der Waals surface area (Å²) in [6.45, 7) is 10.7. The van der Waals surface area contributed by atoms with Gasteiger partial charge in [-0.05, 0) is 41.0 Å². The van der Waals surface area contributed by atoms with Gasteiger partial charge in [-0.1, -0.05) is 5.92 Å². The summed E-state index contributed by atoms with van der Waals surface area (Å²) in [5.74, 6) is 2.53. The van der Waals surface area contributed by atoms with Crippen LogP contribution >= 0.6 is 0 Å². The van der Waals surface area contributed by atoms with Gasteiger partial charge in [-0.3, -0.25) is 0 Å². The van der Waals surface area contributed by atoms with E-state index in [1.807, 2.05) is 34.6 Å². The summed E-state index contributed by atoms with van der Waals surface area (Å²) in [5.41, 5.74) is -0.553. The summed E-state index contributed by atoms with van der Waals surface area (Å²) < 4.78 is 5.13. The van der Waals surface area contributed by atoms with Crippen LogP contribution in [0.25, 0.3) is 0 Å². The second-order valence-electron chi connectivity index (χ2n) is 5.62. The smallest absolute Gasteiger partial charge is 0.407 e. The third-order valence-corrected chi connectivity index (χ3v) is 2.09. The molecule has 98 valence electrons. The molecule has 0 radical (unpaired) electrons. The van der Waals surface area contributed by atoms with Crippen molar-refractivity contribution in [2.24, 2.45) is 0 Å². The summed E-state index contributed by atoms with van der Waals surface area (Å²) in [7, 11) is 0. The fourth-order valence-electron chi connectivity index (χ4n) is 1.17. The van der Waals surface area contributed by atoms with E-state index in [2.05, 4.69) is 16.6 Å². The third-order valence-electron chi connectivity index (χ3n) is 2.09. The fourth-order valence-corrected chi connectivity index (χ4v) is 1.17. The monoisotopic (exact) mass is 240 g/mol. The van der Waals surface area contributed by atoms with E-state index >= 15 is 0 Å². The van der Waals surface area contributed by atoms with E-state index in [1.165, 1.54) is 0 Å². The van der Waals surface area contributed by atoms with Crippen LogP contribution in [0.2, 0.25) is 0 Å². The van der Waals surface area contributed by atoms with Crippen LogP contribution in [0.4, 0.5) is 4.79 Å². The Morgan fingerprint density at radius 1 is 1.29 bits per heavy atom. The lowest BCUT2D eigenvalue weighted by atomic mass is 10.0. The van der Waals surface area contributed by atoms with Crippen LogP contribution in [0.15, 0.2) is 0 Å². The van der Waals surface area contributed by atoms with Crippen LogP contribution in [-0.4, -0.2) is 30.3 Å². The summed E-state index contributed by atoms with van der Waals surface area (Å²) in [6, 6.07) is 0. The molecule has 4 heteroatoms. The molecule has 0 unspecified atom stereocenters. The molecule has 0 aliphatic carbocycles. The van der Waals surface area contributed by atoms with Gasteiger partial charge in [0.2, 0.25) is 0 Å². The second kappa shape index (κ2) is 6.51. The lowest BCUT2D eigenvalue weighted by Gasteiger charge is -2.26. The Labute approximate surface area is 104 Å². The number of hydrogen-bond donors (Lipinski definition) is 2. The average molecular weight is 240 g/mol. The van der Waals surface area contributed by atoms with Crippen molar-refractivity contribution in [3.8, 4) is 12.3 Å². The molecule has 0 aromatic heterocycles. The molecule has 0 aromatic rings. The zero-order valence-corrected chi connectivity index (χ0v) is 11.5. The van der Waals surface area contributed by atoms with E-state index in [9.17, 15) is 4.79 Å². The molecule has 0 aliphatic rings. The molecular formula is C13H24N2O2. The number of amides is 1. The predicted octanol–water partition coefficient (Wildman–Crippen LogP) is 1.90. The molecule has 0 aromatic carbocycles. The van der Waals surface area contributed by atoms with Crippen LogP contribution in [0.3, 0.4) is 0 Å². The molecule has 0 bridgehead atoms. The first kappa shape index (κ1) is 15.8.